The second-order valence-corrected chi connectivity index (χ2v) is 6.33. The molecule has 1 aliphatic rings. The SMILES string of the molecule is Cc1csc(COc2c(C)cccc2CNC2CC2)n1. The van der Waals surface area contributed by atoms with Gasteiger partial charge in [-0.15, -0.1) is 11.3 Å². The number of nitrogens with one attached hydrogen (secondary N) is 1. The molecule has 20 heavy (non-hydrogen) atoms. The Hall–Kier alpha value is -1.39. The van der Waals surface area contributed by atoms with E-state index in [1.54, 1.807) is 11.3 Å². The van der Waals surface area contributed by atoms with Gasteiger partial charge in [0.25, 0.3) is 0 Å². The third-order valence-corrected chi connectivity index (χ3v) is 4.40. The minimum absolute atomic E-state index is 0.555. The van der Waals surface area contributed by atoms with Gasteiger partial charge in [0.15, 0.2) is 0 Å². The molecule has 0 atom stereocenters. The Kier molecular flexibility index (Phi) is 4.03. The van der Waals surface area contributed by atoms with Gasteiger partial charge in [0, 0.05) is 29.2 Å². The third kappa shape index (κ3) is 3.38. The fourth-order valence-corrected chi connectivity index (χ4v) is 2.89. The first-order chi connectivity index (χ1) is 9.72. The van der Waals surface area contributed by atoms with Crippen LogP contribution in [0.1, 0.15) is 34.7 Å². The molecule has 1 aromatic heterocycles. The van der Waals surface area contributed by atoms with Crippen molar-refractivity contribution in [1.82, 2.24) is 10.3 Å². The first-order valence-corrected chi connectivity index (χ1v) is 7.96. The predicted octanol–water partition coefficient (Wildman–Crippen LogP) is 3.59. The van der Waals surface area contributed by atoms with Crippen molar-refractivity contribution in [3.63, 3.8) is 0 Å². The Morgan fingerprint density at radius 1 is 1.35 bits per heavy atom. The fraction of sp³-hybridized carbons (Fsp3) is 0.438. The molecule has 1 fully saturated rings. The zero-order valence-electron chi connectivity index (χ0n) is 12.0. The monoisotopic (exact) mass is 288 g/mol. The van der Waals surface area contributed by atoms with Crippen LogP contribution in [-0.4, -0.2) is 11.0 Å². The Balaban J connectivity index is 1.69. The summed E-state index contributed by atoms with van der Waals surface area (Å²) in [5, 5.41) is 6.65. The van der Waals surface area contributed by atoms with Gasteiger partial charge in [-0.2, -0.15) is 0 Å². The number of hydrogen-bond donors (Lipinski definition) is 1. The topological polar surface area (TPSA) is 34.1 Å². The summed E-state index contributed by atoms with van der Waals surface area (Å²) >= 11 is 1.66. The summed E-state index contributed by atoms with van der Waals surface area (Å²) < 4.78 is 6.03. The number of aryl methyl sites for hydroxylation is 2. The normalized spacial score (nSPS) is 14.5. The van der Waals surface area contributed by atoms with Crippen LogP contribution in [0.4, 0.5) is 0 Å². The van der Waals surface area contributed by atoms with Crippen LogP contribution in [0.25, 0.3) is 0 Å². The molecule has 1 saturated carbocycles. The molecule has 0 radical (unpaired) electrons. The van der Waals surface area contributed by atoms with E-state index < -0.39 is 0 Å². The second-order valence-electron chi connectivity index (χ2n) is 5.39. The van der Waals surface area contributed by atoms with Gasteiger partial charge in [-0.1, -0.05) is 18.2 Å². The van der Waals surface area contributed by atoms with Crippen LogP contribution in [-0.2, 0) is 13.2 Å². The lowest BCUT2D eigenvalue weighted by Crippen LogP contribution is -2.16. The van der Waals surface area contributed by atoms with Crippen molar-refractivity contribution in [3.8, 4) is 5.75 Å². The first-order valence-electron chi connectivity index (χ1n) is 7.08. The summed E-state index contributed by atoms with van der Waals surface area (Å²) in [6, 6.07) is 7.05. The summed E-state index contributed by atoms with van der Waals surface area (Å²) in [4.78, 5) is 4.45. The van der Waals surface area contributed by atoms with E-state index in [1.807, 2.05) is 6.92 Å². The predicted molar refractivity (Wildman–Crippen MR) is 82.2 cm³/mol. The number of thiazole rings is 1. The van der Waals surface area contributed by atoms with E-state index >= 15 is 0 Å². The molecule has 106 valence electrons. The highest BCUT2D eigenvalue weighted by molar-refractivity contribution is 7.09. The van der Waals surface area contributed by atoms with E-state index in [9.17, 15) is 0 Å². The molecular formula is C16H20N2OS. The van der Waals surface area contributed by atoms with E-state index in [1.165, 1.54) is 24.0 Å². The Bertz CT molecular complexity index is 590. The number of nitrogens with zero attached hydrogens (tertiary/aromatic N) is 1. The number of para-hydroxylation sites is 1. The van der Waals surface area contributed by atoms with Gasteiger partial charge in [-0.25, -0.2) is 4.98 Å². The molecule has 1 N–H and O–H groups in total. The van der Waals surface area contributed by atoms with Gasteiger partial charge in [0.05, 0.1) is 0 Å². The maximum atomic E-state index is 6.03. The molecule has 2 aromatic rings. The Morgan fingerprint density at radius 3 is 2.90 bits per heavy atom. The largest absolute Gasteiger partial charge is 0.486 e. The molecule has 1 aromatic carbocycles. The number of ether oxygens (including phenoxy) is 1. The Morgan fingerprint density at radius 2 is 2.20 bits per heavy atom. The summed E-state index contributed by atoms with van der Waals surface area (Å²) in [7, 11) is 0. The molecule has 4 heteroatoms. The van der Waals surface area contributed by atoms with Gasteiger partial charge in [-0.3, -0.25) is 0 Å². The van der Waals surface area contributed by atoms with Crippen LogP contribution in [0.15, 0.2) is 23.6 Å². The van der Waals surface area contributed by atoms with E-state index in [-0.39, 0.29) is 0 Å². The standard InChI is InChI=1S/C16H20N2OS/c1-11-4-3-5-13(8-17-14-6-7-14)16(11)19-9-15-18-12(2)10-20-15/h3-5,10,14,17H,6-9H2,1-2H3. The van der Waals surface area contributed by atoms with Crippen molar-refractivity contribution in [2.45, 2.75) is 45.9 Å². The molecule has 0 aliphatic heterocycles. The summed E-state index contributed by atoms with van der Waals surface area (Å²) in [5.41, 5.74) is 3.49. The van der Waals surface area contributed by atoms with Crippen LogP contribution < -0.4 is 10.1 Å². The fourth-order valence-electron chi connectivity index (χ4n) is 2.20. The molecule has 0 unspecified atom stereocenters. The van der Waals surface area contributed by atoms with Crippen molar-refractivity contribution in [1.29, 1.82) is 0 Å². The molecular weight excluding hydrogens is 268 g/mol. The lowest BCUT2D eigenvalue weighted by molar-refractivity contribution is 0.299. The van der Waals surface area contributed by atoms with Gasteiger partial charge in [-0.05, 0) is 32.3 Å². The average Bonchev–Trinajstić information content (AvgIpc) is 3.17. The highest BCUT2D eigenvalue weighted by Gasteiger charge is 2.20. The van der Waals surface area contributed by atoms with Gasteiger partial charge in [0.2, 0.25) is 0 Å². The maximum Gasteiger partial charge on any atom is 0.140 e. The highest BCUT2D eigenvalue weighted by atomic mass is 32.1. The van der Waals surface area contributed by atoms with Crippen LogP contribution >= 0.6 is 11.3 Å². The van der Waals surface area contributed by atoms with Crippen LogP contribution in [0.3, 0.4) is 0 Å². The maximum absolute atomic E-state index is 6.03. The third-order valence-electron chi connectivity index (χ3n) is 3.46. The van der Waals surface area contributed by atoms with Crippen LogP contribution in [0.2, 0.25) is 0 Å². The lowest BCUT2D eigenvalue weighted by atomic mass is 10.1. The zero-order valence-corrected chi connectivity index (χ0v) is 12.8. The number of hydrogen-bond acceptors (Lipinski definition) is 4. The summed E-state index contributed by atoms with van der Waals surface area (Å²) in [6.07, 6.45) is 2.61. The second kappa shape index (κ2) is 5.94. The van der Waals surface area contributed by atoms with Crippen molar-refractivity contribution >= 4 is 11.3 Å². The minimum Gasteiger partial charge on any atom is -0.486 e. The van der Waals surface area contributed by atoms with Crippen molar-refractivity contribution in [2.75, 3.05) is 0 Å². The quantitative estimate of drug-likeness (QED) is 0.882. The molecule has 0 bridgehead atoms. The Labute approximate surface area is 124 Å². The number of aromatic nitrogens is 1. The van der Waals surface area contributed by atoms with Crippen molar-refractivity contribution < 1.29 is 4.74 Å². The smallest absolute Gasteiger partial charge is 0.140 e. The van der Waals surface area contributed by atoms with Crippen LogP contribution in [0.5, 0.6) is 5.75 Å². The van der Waals surface area contributed by atoms with E-state index in [0.717, 1.165) is 23.0 Å². The summed E-state index contributed by atoms with van der Waals surface area (Å²) in [5.74, 6) is 1.01. The van der Waals surface area contributed by atoms with E-state index in [4.69, 9.17) is 4.74 Å². The summed E-state index contributed by atoms with van der Waals surface area (Å²) in [6.45, 7) is 5.56. The van der Waals surface area contributed by atoms with Crippen molar-refractivity contribution in [2.24, 2.45) is 0 Å². The molecule has 1 heterocycles. The van der Waals surface area contributed by atoms with E-state index in [0.29, 0.717) is 12.6 Å². The van der Waals surface area contributed by atoms with Gasteiger partial charge >= 0.3 is 0 Å². The molecule has 1 aliphatic carbocycles. The molecule has 3 nitrogen and oxygen atoms in total. The van der Waals surface area contributed by atoms with Gasteiger partial charge in [0.1, 0.15) is 17.4 Å². The minimum atomic E-state index is 0.555. The van der Waals surface area contributed by atoms with Crippen molar-refractivity contribution in [3.05, 3.63) is 45.4 Å². The van der Waals surface area contributed by atoms with E-state index in [2.05, 4.69) is 40.8 Å². The number of rotatable bonds is 6. The molecule has 0 spiro atoms. The number of benzene rings is 1. The van der Waals surface area contributed by atoms with Gasteiger partial charge < -0.3 is 10.1 Å². The molecule has 3 rings (SSSR count). The molecule has 0 saturated heterocycles. The lowest BCUT2D eigenvalue weighted by Gasteiger charge is -2.14. The molecule has 0 amide bonds. The average molecular weight is 288 g/mol. The first kappa shape index (κ1) is 13.6. The van der Waals surface area contributed by atoms with Crippen LogP contribution in [0, 0.1) is 13.8 Å². The highest BCUT2D eigenvalue weighted by Crippen LogP contribution is 2.26. The zero-order chi connectivity index (χ0) is 13.9.